The Morgan fingerprint density at radius 2 is 1.94 bits per heavy atom. The molecule has 0 bridgehead atoms. The zero-order valence-corrected chi connectivity index (χ0v) is 20.9. The normalized spacial score (nSPS) is 17.7. The van der Waals surface area contributed by atoms with Gasteiger partial charge in [-0.05, 0) is 38.8 Å². The molecule has 5 rings (SSSR count). The van der Waals surface area contributed by atoms with Crippen molar-refractivity contribution in [3.63, 3.8) is 0 Å². The monoisotopic (exact) mass is 483 g/mol. The van der Waals surface area contributed by atoms with Crippen LogP contribution in [0.4, 0.5) is 11.5 Å². The number of rotatable bonds is 5. The van der Waals surface area contributed by atoms with Crippen molar-refractivity contribution in [2.24, 2.45) is 7.05 Å². The second-order valence-electron chi connectivity index (χ2n) is 9.21. The SMILES string of the molecule is CC(=O)N1C[C@H](c2nc(Nc3cccc(-c4nn(C)nc4C)c3)cc(-c3cnccn3)n2)CC[C@@H]1C. The number of carbonyl (C=O) groups excluding carboxylic acids is 1. The molecule has 1 aliphatic heterocycles. The zero-order chi connectivity index (χ0) is 25.2. The first kappa shape index (κ1) is 23.5. The maximum absolute atomic E-state index is 12.2. The molecular formula is C26H29N9O. The lowest BCUT2D eigenvalue weighted by atomic mass is 9.92. The van der Waals surface area contributed by atoms with Gasteiger partial charge in [-0.15, -0.1) is 0 Å². The van der Waals surface area contributed by atoms with E-state index >= 15 is 0 Å². The van der Waals surface area contributed by atoms with Gasteiger partial charge in [-0.1, -0.05) is 12.1 Å². The molecule has 10 heteroatoms. The number of nitrogens with one attached hydrogen (secondary N) is 1. The molecule has 1 amide bonds. The largest absolute Gasteiger partial charge is 0.340 e. The van der Waals surface area contributed by atoms with Gasteiger partial charge in [-0.2, -0.15) is 15.0 Å². The van der Waals surface area contributed by atoms with Crippen molar-refractivity contribution < 1.29 is 4.79 Å². The molecule has 36 heavy (non-hydrogen) atoms. The fourth-order valence-electron chi connectivity index (χ4n) is 4.69. The van der Waals surface area contributed by atoms with Crippen molar-refractivity contribution in [1.29, 1.82) is 0 Å². The molecule has 1 fully saturated rings. The van der Waals surface area contributed by atoms with Crippen molar-refractivity contribution in [2.75, 3.05) is 11.9 Å². The fraction of sp³-hybridized carbons (Fsp3) is 0.346. The van der Waals surface area contributed by atoms with Crippen molar-refractivity contribution in [2.45, 2.75) is 45.6 Å². The van der Waals surface area contributed by atoms with E-state index in [0.29, 0.717) is 29.6 Å². The topological polar surface area (TPSA) is 115 Å². The van der Waals surface area contributed by atoms with Gasteiger partial charge < -0.3 is 10.2 Å². The maximum Gasteiger partial charge on any atom is 0.219 e. The maximum atomic E-state index is 12.2. The van der Waals surface area contributed by atoms with Gasteiger partial charge in [0.05, 0.1) is 17.6 Å². The molecule has 10 nitrogen and oxygen atoms in total. The van der Waals surface area contributed by atoms with Crippen LogP contribution in [0.3, 0.4) is 0 Å². The average Bonchev–Trinajstić information content (AvgIpc) is 3.22. The lowest BCUT2D eigenvalue weighted by molar-refractivity contribution is -0.132. The molecule has 1 aliphatic rings. The smallest absolute Gasteiger partial charge is 0.219 e. The van der Waals surface area contributed by atoms with Crippen molar-refractivity contribution in [3.8, 4) is 22.6 Å². The van der Waals surface area contributed by atoms with E-state index in [0.717, 1.165) is 35.5 Å². The number of piperidine rings is 1. The Labute approximate surface area is 209 Å². The molecule has 0 aliphatic carbocycles. The van der Waals surface area contributed by atoms with Crippen LogP contribution >= 0.6 is 0 Å². The second-order valence-corrected chi connectivity index (χ2v) is 9.21. The van der Waals surface area contributed by atoms with Gasteiger partial charge in [-0.25, -0.2) is 9.97 Å². The van der Waals surface area contributed by atoms with E-state index in [2.05, 4.69) is 32.4 Å². The molecule has 4 heterocycles. The Morgan fingerprint density at radius 1 is 1.08 bits per heavy atom. The standard InChI is InChI=1S/C26H29N9O/c1-16-8-9-20(15-35(16)18(3)36)26-30-22(23-14-27-10-11-28-23)13-24(31-26)29-21-7-5-6-19(12-21)25-17(2)32-34(4)33-25/h5-7,10-14,16,20H,8-9,15H2,1-4H3,(H,29,30,31)/t16-,20+/m0/s1. The zero-order valence-electron chi connectivity index (χ0n) is 20.9. The third-order valence-corrected chi connectivity index (χ3v) is 6.51. The Morgan fingerprint density at radius 3 is 2.67 bits per heavy atom. The van der Waals surface area contributed by atoms with Gasteiger partial charge in [0.25, 0.3) is 0 Å². The highest BCUT2D eigenvalue weighted by atomic mass is 16.2. The number of likely N-dealkylation sites (tertiary alicyclic amines) is 1. The second kappa shape index (κ2) is 9.80. The van der Waals surface area contributed by atoms with Crippen LogP contribution in [0.15, 0.2) is 48.9 Å². The molecule has 184 valence electrons. The summed E-state index contributed by atoms with van der Waals surface area (Å²) in [4.78, 5) is 34.1. The van der Waals surface area contributed by atoms with Gasteiger partial charge in [0.2, 0.25) is 5.91 Å². The average molecular weight is 484 g/mol. The summed E-state index contributed by atoms with van der Waals surface area (Å²) < 4.78 is 0. The molecule has 2 atom stereocenters. The summed E-state index contributed by atoms with van der Waals surface area (Å²) in [5.41, 5.74) is 4.89. The van der Waals surface area contributed by atoms with Gasteiger partial charge in [0, 0.05) is 62.2 Å². The van der Waals surface area contributed by atoms with E-state index in [4.69, 9.17) is 9.97 Å². The van der Waals surface area contributed by atoms with Gasteiger partial charge >= 0.3 is 0 Å². The highest BCUT2D eigenvalue weighted by Crippen LogP contribution is 2.31. The predicted molar refractivity (Wildman–Crippen MR) is 136 cm³/mol. The fourth-order valence-corrected chi connectivity index (χ4v) is 4.69. The first-order valence-electron chi connectivity index (χ1n) is 12.1. The molecule has 1 aromatic carbocycles. The van der Waals surface area contributed by atoms with E-state index in [1.165, 1.54) is 0 Å². The lowest BCUT2D eigenvalue weighted by Gasteiger charge is -2.37. The number of anilines is 2. The first-order valence-corrected chi connectivity index (χ1v) is 12.1. The molecule has 0 radical (unpaired) electrons. The van der Waals surface area contributed by atoms with Gasteiger partial charge in [-0.3, -0.25) is 14.8 Å². The van der Waals surface area contributed by atoms with Crippen molar-refractivity contribution in [1.82, 2.24) is 39.8 Å². The molecular weight excluding hydrogens is 454 g/mol. The molecule has 3 aromatic heterocycles. The number of aromatic nitrogens is 7. The summed E-state index contributed by atoms with van der Waals surface area (Å²) in [6, 6.07) is 10.1. The molecule has 4 aromatic rings. The van der Waals surface area contributed by atoms with Crippen LogP contribution in [0.5, 0.6) is 0 Å². The van der Waals surface area contributed by atoms with Gasteiger partial charge in [0.15, 0.2) is 0 Å². The van der Waals surface area contributed by atoms with Crippen LogP contribution in [-0.4, -0.2) is 58.3 Å². The number of benzene rings is 1. The minimum Gasteiger partial charge on any atom is -0.340 e. The molecule has 1 saturated heterocycles. The molecule has 0 spiro atoms. The Kier molecular flexibility index (Phi) is 6.41. The number of aryl methyl sites for hydroxylation is 2. The highest BCUT2D eigenvalue weighted by Gasteiger charge is 2.30. The quantitative estimate of drug-likeness (QED) is 0.455. The number of nitrogens with zero attached hydrogens (tertiary/aromatic N) is 8. The summed E-state index contributed by atoms with van der Waals surface area (Å²) in [5.74, 6) is 1.46. The van der Waals surface area contributed by atoms with Crippen molar-refractivity contribution in [3.05, 3.63) is 60.4 Å². The Bertz CT molecular complexity index is 1390. The van der Waals surface area contributed by atoms with E-state index < -0.39 is 0 Å². The van der Waals surface area contributed by atoms with Crippen LogP contribution in [0.25, 0.3) is 22.6 Å². The summed E-state index contributed by atoms with van der Waals surface area (Å²) in [6.45, 7) is 6.25. The number of amides is 1. The Hall–Kier alpha value is -4.21. The van der Waals surface area contributed by atoms with E-state index in [-0.39, 0.29) is 17.9 Å². The van der Waals surface area contributed by atoms with Crippen molar-refractivity contribution >= 4 is 17.4 Å². The summed E-state index contributed by atoms with van der Waals surface area (Å²) in [7, 11) is 1.81. The van der Waals surface area contributed by atoms with E-state index in [9.17, 15) is 4.79 Å². The summed E-state index contributed by atoms with van der Waals surface area (Å²) >= 11 is 0. The first-order chi connectivity index (χ1) is 17.4. The molecule has 0 unspecified atom stereocenters. The van der Waals surface area contributed by atoms with Crippen LogP contribution in [0.2, 0.25) is 0 Å². The molecule has 1 N–H and O–H groups in total. The Balaban J connectivity index is 1.50. The summed E-state index contributed by atoms with van der Waals surface area (Å²) in [6.07, 6.45) is 6.80. The van der Waals surface area contributed by atoms with E-state index in [1.54, 1.807) is 30.3 Å². The number of hydrogen-bond acceptors (Lipinski definition) is 8. The minimum atomic E-state index is 0.0378. The number of carbonyl (C=O) groups is 1. The lowest BCUT2D eigenvalue weighted by Crippen LogP contribution is -2.44. The van der Waals surface area contributed by atoms with Crippen LogP contribution in [0.1, 0.15) is 44.1 Å². The third kappa shape index (κ3) is 4.93. The minimum absolute atomic E-state index is 0.0378. The number of hydrogen-bond donors (Lipinski definition) is 1. The third-order valence-electron chi connectivity index (χ3n) is 6.51. The van der Waals surface area contributed by atoms with E-state index in [1.807, 2.05) is 49.2 Å². The predicted octanol–water partition coefficient (Wildman–Crippen LogP) is 3.90. The van der Waals surface area contributed by atoms with Crippen LogP contribution in [0, 0.1) is 6.92 Å². The van der Waals surface area contributed by atoms with Crippen LogP contribution < -0.4 is 5.32 Å². The molecule has 0 saturated carbocycles. The highest BCUT2D eigenvalue weighted by molar-refractivity contribution is 5.74. The van der Waals surface area contributed by atoms with Gasteiger partial charge in [0.1, 0.15) is 23.0 Å². The van der Waals surface area contributed by atoms with Crippen LogP contribution in [-0.2, 0) is 11.8 Å². The summed E-state index contributed by atoms with van der Waals surface area (Å²) in [5, 5.41) is 12.3.